The second-order valence-electron chi connectivity index (χ2n) is 5.90. The minimum Gasteiger partial charge on any atom is -0.321 e. The second-order valence-corrected chi connectivity index (χ2v) is 7.59. The molecule has 0 aliphatic heterocycles. The third kappa shape index (κ3) is 4.28. The summed E-state index contributed by atoms with van der Waals surface area (Å²) in [5.74, 6) is 0.00666. The highest BCUT2D eigenvalue weighted by Crippen LogP contribution is 2.17. The molecule has 0 unspecified atom stereocenters. The number of sulfonamides is 1. The van der Waals surface area contributed by atoms with Crippen LogP contribution in [0.1, 0.15) is 10.5 Å². The SMILES string of the molecule is O=C(Nc1ccc(S(=O)(=O)Nc2ncccn2)cc1)c1ccc(-n2ccnc2)nn1. The summed E-state index contributed by atoms with van der Waals surface area (Å²) in [5, 5.41) is 10.5. The summed E-state index contributed by atoms with van der Waals surface area (Å²) in [4.78, 5) is 23.9. The third-order valence-corrected chi connectivity index (χ3v) is 5.21. The van der Waals surface area contributed by atoms with Crippen LogP contribution >= 0.6 is 0 Å². The van der Waals surface area contributed by atoms with E-state index < -0.39 is 15.9 Å². The molecule has 0 radical (unpaired) electrons. The highest BCUT2D eigenvalue weighted by Gasteiger charge is 2.16. The van der Waals surface area contributed by atoms with Crippen LogP contribution in [-0.2, 0) is 10.0 Å². The molecule has 0 bridgehead atoms. The molecule has 0 aliphatic rings. The zero-order valence-corrected chi connectivity index (χ0v) is 16.1. The zero-order valence-electron chi connectivity index (χ0n) is 15.2. The Balaban J connectivity index is 1.43. The van der Waals surface area contributed by atoms with Crippen molar-refractivity contribution in [1.29, 1.82) is 0 Å². The van der Waals surface area contributed by atoms with E-state index in [1.807, 2.05) is 0 Å². The van der Waals surface area contributed by atoms with Crippen LogP contribution in [0.25, 0.3) is 5.82 Å². The van der Waals surface area contributed by atoms with Crippen molar-refractivity contribution in [3.8, 4) is 5.82 Å². The monoisotopic (exact) mass is 422 g/mol. The fourth-order valence-electron chi connectivity index (χ4n) is 2.42. The number of hydrogen-bond acceptors (Lipinski definition) is 8. The summed E-state index contributed by atoms with van der Waals surface area (Å²) < 4.78 is 28.7. The molecule has 2 N–H and O–H groups in total. The van der Waals surface area contributed by atoms with Gasteiger partial charge in [0.15, 0.2) is 11.5 Å². The summed E-state index contributed by atoms with van der Waals surface area (Å²) in [5.41, 5.74) is 0.508. The summed E-state index contributed by atoms with van der Waals surface area (Å²) in [7, 11) is -3.85. The Hall–Kier alpha value is -4.19. The first-order valence-corrected chi connectivity index (χ1v) is 10.0. The van der Waals surface area contributed by atoms with E-state index >= 15 is 0 Å². The lowest BCUT2D eigenvalue weighted by Gasteiger charge is -2.08. The van der Waals surface area contributed by atoms with Crippen LogP contribution in [0, 0.1) is 0 Å². The Morgan fingerprint density at radius 2 is 1.70 bits per heavy atom. The second kappa shape index (κ2) is 8.05. The van der Waals surface area contributed by atoms with Gasteiger partial charge in [-0.15, -0.1) is 10.2 Å². The van der Waals surface area contributed by atoms with Gasteiger partial charge in [0.2, 0.25) is 5.95 Å². The molecule has 0 saturated carbocycles. The lowest BCUT2D eigenvalue weighted by atomic mass is 10.3. The van der Waals surface area contributed by atoms with E-state index in [0.29, 0.717) is 11.5 Å². The fraction of sp³-hybridized carbons (Fsp3) is 0. The van der Waals surface area contributed by atoms with Gasteiger partial charge in [0.1, 0.15) is 6.33 Å². The van der Waals surface area contributed by atoms with Crippen molar-refractivity contribution in [2.45, 2.75) is 4.90 Å². The average Bonchev–Trinajstić information content (AvgIpc) is 3.30. The summed E-state index contributed by atoms with van der Waals surface area (Å²) in [6.45, 7) is 0. The number of rotatable bonds is 6. The number of hydrogen-bond donors (Lipinski definition) is 2. The van der Waals surface area contributed by atoms with Crippen LogP contribution in [0.2, 0.25) is 0 Å². The van der Waals surface area contributed by atoms with Crippen LogP contribution < -0.4 is 10.0 Å². The van der Waals surface area contributed by atoms with Gasteiger partial charge < -0.3 is 5.32 Å². The van der Waals surface area contributed by atoms with Crippen molar-refractivity contribution >= 4 is 27.6 Å². The highest BCUT2D eigenvalue weighted by atomic mass is 32.2. The van der Waals surface area contributed by atoms with E-state index in [-0.39, 0.29) is 16.5 Å². The molecule has 3 heterocycles. The Bertz CT molecular complexity index is 1240. The molecular formula is C18H14N8O3S. The molecule has 1 amide bonds. The molecule has 0 aliphatic carbocycles. The maximum atomic E-state index is 12.4. The molecule has 0 spiro atoms. The third-order valence-electron chi connectivity index (χ3n) is 3.87. The average molecular weight is 422 g/mol. The van der Waals surface area contributed by atoms with E-state index in [2.05, 4.69) is 35.2 Å². The quantitative estimate of drug-likeness (QED) is 0.476. The summed E-state index contributed by atoms with van der Waals surface area (Å²) in [6.07, 6.45) is 7.73. The van der Waals surface area contributed by atoms with E-state index in [0.717, 1.165) is 0 Å². The number of aromatic nitrogens is 6. The van der Waals surface area contributed by atoms with Crippen molar-refractivity contribution in [3.05, 3.63) is 79.3 Å². The normalized spacial score (nSPS) is 11.1. The number of carbonyl (C=O) groups is 1. The molecule has 1 aromatic carbocycles. The fourth-order valence-corrected chi connectivity index (χ4v) is 3.38. The number of anilines is 2. The van der Waals surface area contributed by atoms with Gasteiger partial charge in [-0.1, -0.05) is 0 Å². The predicted molar refractivity (Wildman–Crippen MR) is 106 cm³/mol. The molecule has 30 heavy (non-hydrogen) atoms. The number of carbonyl (C=O) groups excluding carboxylic acids is 1. The van der Waals surface area contributed by atoms with Gasteiger partial charge in [-0.2, -0.15) is 0 Å². The smallest absolute Gasteiger partial charge is 0.276 e. The van der Waals surface area contributed by atoms with Gasteiger partial charge in [-0.25, -0.2) is 28.1 Å². The first kappa shape index (κ1) is 19.1. The van der Waals surface area contributed by atoms with E-state index in [4.69, 9.17) is 0 Å². The number of benzene rings is 1. The first-order valence-electron chi connectivity index (χ1n) is 8.54. The lowest BCUT2D eigenvalue weighted by Crippen LogP contribution is -2.16. The Kier molecular flexibility index (Phi) is 5.13. The largest absolute Gasteiger partial charge is 0.321 e. The Morgan fingerprint density at radius 3 is 2.33 bits per heavy atom. The predicted octanol–water partition coefficient (Wildman–Crippen LogP) is 1.51. The zero-order chi connectivity index (χ0) is 21.0. The molecule has 4 rings (SSSR count). The van der Waals surface area contributed by atoms with Crippen LogP contribution in [-0.4, -0.2) is 44.0 Å². The van der Waals surface area contributed by atoms with Gasteiger partial charge in [0.05, 0.1) is 4.90 Å². The van der Waals surface area contributed by atoms with Crippen LogP contribution in [0.15, 0.2) is 78.5 Å². The van der Waals surface area contributed by atoms with Gasteiger partial charge in [0.25, 0.3) is 15.9 Å². The summed E-state index contributed by atoms with van der Waals surface area (Å²) >= 11 is 0. The molecule has 11 nitrogen and oxygen atoms in total. The molecule has 3 aromatic heterocycles. The highest BCUT2D eigenvalue weighted by molar-refractivity contribution is 7.92. The van der Waals surface area contributed by atoms with Crippen molar-refractivity contribution in [2.75, 3.05) is 10.0 Å². The van der Waals surface area contributed by atoms with Crippen molar-refractivity contribution in [3.63, 3.8) is 0 Å². The van der Waals surface area contributed by atoms with Crippen LogP contribution in [0.4, 0.5) is 11.6 Å². The Labute approximate surface area is 170 Å². The van der Waals surface area contributed by atoms with E-state index in [1.165, 1.54) is 42.7 Å². The minimum absolute atomic E-state index is 0.00238. The maximum absolute atomic E-state index is 12.4. The molecular weight excluding hydrogens is 408 g/mol. The molecule has 0 saturated heterocycles. The van der Waals surface area contributed by atoms with Crippen LogP contribution in [0.3, 0.4) is 0 Å². The van der Waals surface area contributed by atoms with Gasteiger partial charge >= 0.3 is 0 Å². The topological polar surface area (TPSA) is 145 Å². The van der Waals surface area contributed by atoms with Gasteiger partial charge in [-0.05, 0) is 42.5 Å². The standard InChI is InChI=1S/C18H14N8O3S/c27-17(15-6-7-16(24-23-15)26-11-10-19-12-26)22-13-2-4-14(5-3-13)30(28,29)25-18-20-8-1-9-21-18/h1-12H,(H,22,27)(H,20,21,25). The number of amides is 1. The van der Waals surface area contributed by atoms with Gasteiger partial charge in [-0.3, -0.25) is 9.36 Å². The van der Waals surface area contributed by atoms with Crippen molar-refractivity contribution in [1.82, 2.24) is 29.7 Å². The van der Waals surface area contributed by atoms with Crippen molar-refractivity contribution < 1.29 is 13.2 Å². The Morgan fingerprint density at radius 1 is 0.933 bits per heavy atom. The number of imidazole rings is 1. The number of nitrogens with one attached hydrogen (secondary N) is 2. The molecule has 150 valence electrons. The van der Waals surface area contributed by atoms with E-state index in [1.54, 1.807) is 35.4 Å². The van der Waals surface area contributed by atoms with E-state index in [9.17, 15) is 13.2 Å². The number of nitrogens with zero attached hydrogens (tertiary/aromatic N) is 6. The molecule has 0 fully saturated rings. The molecule has 12 heteroatoms. The lowest BCUT2D eigenvalue weighted by molar-refractivity contribution is 0.102. The van der Waals surface area contributed by atoms with Crippen LogP contribution in [0.5, 0.6) is 0 Å². The molecule has 0 atom stereocenters. The van der Waals surface area contributed by atoms with Crippen molar-refractivity contribution in [2.24, 2.45) is 0 Å². The van der Waals surface area contributed by atoms with Gasteiger partial charge in [0, 0.05) is 30.5 Å². The minimum atomic E-state index is -3.85. The first-order chi connectivity index (χ1) is 14.5. The molecule has 4 aromatic rings. The summed E-state index contributed by atoms with van der Waals surface area (Å²) in [6, 6.07) is 10.4. The maximum Gasteiger partial charge on any atom is 0.276 e.